The summed E-state index contributed by atoms with van der Waals surface area (Å²) in [6.45, 7) is 3.79. The first kappa shape index (κ1) is 16.8. The van der Waals surface area contributed by atoms with E-state index < -0.39 is 0 Å². The zero-order valence-electron chi connectivity index (χ0n) is 13.8. The monoisotopic (exact) mass is 295 g/mol. The number of allylic oxidation sites excluding steroid dienone is 1. The number of aryl methyl sites for hydroxylation is 1. The summed E-state index contributed by atoms with van der Waals surface area (Å²) in [6.07, 6.45) is 15.5. The van der Waals surface area contributed by atoms with Crippen LogP contribution in [0.4, 0.5) is 0 Å². The van der Waals surface area contributed by atoms with Gasteiger partial charge in [-0.1, -0.05) is 56.7 Å². The molecule has 0 spiro atoms. The Morgan fingerprint density at radius 3 is 2.23 bits per heavy atom. The summed E-state index contributed by atoms with van der Waals surface area (Å²) in [5.74, 6) is 1.90. The molecule has 1 heteroatoms. The molecule has 1 fully saturated rings. The molecule has 0 radical (unpaired) electrons. The first-order valence-electron chi connectivity index (χ1n) is 8.91. The van der Waals surface area contributed by atoms with Crippen LogP contribution in [0.15, 0.2) is 36.9 Å². The first-order valence-corrected chi connectivity index (χ1v) is 8.91. The number of rotatable bonds is 8. The summed E-state index contributed by atoms with van der Waals surface area (Å²) in [6, 6.07) is 10.3. The van der Waals surface area contributed by atoms with Crippen LogP contribution >= 0.6 is 0 Å². The van der Waals surface area contributed by atoms with Crippen LogP contribution in [0.3, 0.4) is 0 Å². The van der Waals surface area contributed by atoms with Crippen LogP contribution < -0.4 is 0 Å². The first-order chi connectivity index (χ1) is 10.8. The van der Waals surface area contributed by atoms with Crippen LogP contribution in [0.25, 0.3) is 0 Å². The van der Waals surface area contributed by atoms with Crippen molar-refractivity contribution >= 4 is 0 Å². The summed E-state index contributed by atoms with van der Waals surface area (Å²) < 4.78 is 0. The molecule has 0 heterocycles. The van der Waals surface area contributed by atoms with Crippen molar-refractivity contribution in [3.05, 3.63) is 48.0 Å². The van der Waals surface area contributed by atoms with Crippen molar-refractivity contribution in [2.75, 3.05) is 0 Å². The minimum absolute atomic E-state index is 0.765. The van der Waals surface area contributed by atoms with Gasteiger partial charge in [0.1, 0.15) is 0 Å². The molecule has 0 aliphatic heterocycles. The average Bonchev–Trinajstić information content (AvgIpc) is 2.58. The molecular weight excluding hydrogens is 266 g/mol. The molecule has 2 rings (SSSR count). The van der Waals surface area contributed by atoms with Crippen molar-refractivity contribution in [3.8, 4) is 6.07 Å². The maximum Gasteiger partial charge on any atom is 0.0991 e. The van der Waals surface area contributed by atoms with E-state index in [-0.39, 0.29) is 0 Å². The lowest BCUT2D eigenvalue weighted by atomic mass is 9.78. The minimum atomic E-state index is 0.765. The molecule has 1 nitrogen and oxygen atoms in total. The number of hydrogen-bond acceptors (Lipinski definition) is 1. The van der Waals surface area contributed by atoms with Crippen LogP contribution in [0.2, 0.25) is 0 Å². The third kappa shape index (κ3) is 5.68. The molecule has 0 atom stereocenters. The molecule has 1 aromatic rings. The largest absolute Gasteiger partial charge is 0.192 e. The van der Waals surface area contributed by atoms with E-state index in [0.29, 0.717) is 0 Å². The Balaban J connectivity index is 1.62. The van der Waals surface area contributed by atoms with Gasteiger partial charge in [-0.05, 0) is 55.2 Å². The highest BCUT2D eigenvalue weighted by molar-refractivity contribution is 5.31. The normalized spacial score (nSPS) is 21.2. The van der Waals surface area contributed by atoms with Crippen molar-refractivity contribution < 1.29 is 0 Å². The molecule has 1 aliphatic rings. The molecule has 0 unspecified atom stereocenters. The maximum absolute atomic E-state index is 8.82. The molecule has 1 saturated carbocycles. The quantitative estimate of drug-likeness (QED) is 0.423. The third-order valence-corrected chi connectivity index (χ3v) is 5.16. The highest BCUT2D eigenvalue weighted by Crippen LogP contribution is 2.34. The second kappa shape index (κ2) is 9.46. The maximum atomic E-state index is 8.82. The summed E-state index contributed by atoms with van der Waals surface area (Å²) in [7, 11) is 0. The fourth-order valence-electron chi connectivity index (χ4n) is 3.65. The van der Waals surface area contributed by atoms with Crippen molar-refractivity contribution in [2.24, 2.45) is 11.8 Å². The van der Waals surface area contributed by atoms with Gasteiger partial charge in [0.15, 0.2) is 0 Å². The fraction of sp³-hybridized carbons (Fsp3) is 0.571. The lowest BCUT2D eigenvalue weighted by Crippen LogP contribution is -2.15. The third-order valence-electron chi connectivity index (χ3n) is 5.16. The zero-order chi connectivity index (χ0) is 15.6. The van der Waals surface area contributed by atoms with E-state index >= 15 is 0 Å². The average molecular weight is 295 g/mol. The van der Waals surface area contributed by atoms with Gasteiger partial charge < -0.3 is 0 Å². The SMILES string of the molecule is C=CCCCCC1CCC(CCc2ccc(C#N)cc2)CC1. The van der Waals surface area contributed by atoms with Gasteiger partial charge in [-0.15, -0.1) is 6.58 Å². The summed E-state index contributed by atoms with van der Waals surface area (Å²) >= 11 is 0. The Labute approximate surface area is 136 Å². The number of nitrogens with zero attached hydrogens (tertiary/aromatic N) is 1. The topological polar surface area (TPSA) is 23.8 Å². The number of benzene rings is 1. The predicted octanol–water partition coefficient (Wildman–Crippen LogP) is 6.04. The highest BCUT2D eigenvalue weighted by atomic mass is 14.3. The van der Waals surface area contributed by atoms with Crippen LogP contribution in [-0.4, -0.2) is 0 Å². The smallest absolute Gasteiger partial charge is 0.0991 e. The Hall–Kier alpha value is -1.55. The Kier molecular flexibility index (Phi) is 7.23. The van der Waals surface area contributed by atoms with Crippen molar-refractivity contribution in [3.63, 3.8) is 0 Å². The molecule has 22 heavy (non-hydrogen) atoms. The van der Waals surface area contributed by atoms with Crippen molar-refractivity contribution in [2.45, 2.75) is 64.2 Å². The minimum Gasteiger partial charge on any atom is -0.192 e. The molecule has 118 valence electrons. The lowest BCUT2D eigenvalue weighted by molar-refractivity contribution is 0.249. The van der Waals surface area contributed by atoms with Gasteiger partial charge in [-0.2, -0.15) is 5.26 Å². The van der Waals surface area contributed by atoms with Crippen LogP contribution in [0.1, 0.15) is 68.9 Å². The molecule has 0 saturated heterocycles. The van der Waals surface area contributed by atoms with Crippen LogP contribution in [0.5, 0.6) is 0 Å². The summed E-state index contributed by atoms with van der Waals surface area (Å²) in [5, 5.41) is 8.82. The molecule has 1 aromatic carbocycles. The van der Waals surface area contributed by atoms with Gasteiger partial charge in [0.05, 0.1) is 11.6 Å². The standard InChI is InChI=1S/C21H29N/c1-2-3-4-5-6-18-7-9-19(10-8-18)11-12-20-13-15-21(17-22)16-14-20/h2,13-16,18-19H,1,3-12H2. The molecule has 0 amide bonds. The second-order valence-corrected chi connectivity index (χ2v) is 6.81. The molecule has 0 bridgehead atoms. The van der Waals surface area contributed by atoms with E-state index in [1.54, 1.807) is 0 Å². The Morgan fingerprint density at radius 1 is 1.00 bits per heavy atom. The zero-order valence-corrected chi connectivity index (χ0v) is 13.8. The molecule has 1 aliphatic carbocycles. The predicted molar refractivity (Wildman–Crippen MR) is 93.6 cm³/mol. The van der Waals surface area contributed by atoms with Gasteiger partial charge in [-0.3, -0.25) is 0 Å². The van der Waals surface area contributed by atoms with Gasteiger partial charge in [-0.25, -0.2) is 0 Å². The molecule has 0 aromatic heterocycles. The van der Waals surface area contributed by atoms with E-state index in [2.05, 4.69) is 24.8 Å². The molecule has 0 N–H and O–H groups in total. The van der Waals surface area contributed by atoms with Gasteiger partial charge in [0.25, 0.3) is 0 Å². The number of hydrogen-bond donors (Lipinski definition) is 0. The van der Waals surface area contributed by atoms with Crippen molar-refractivity contribution in [1.29, 1.82) is 5.26 Å². The summed E-state index contributed by atoms with van der Waals surface area (Å²) in [4.78, 5) is 0. The van der Waals surface area contributed by atoms with E-state index in [4.69, 9.17) is 5.26 Å². The van der Waals surface area contributed by atoms with E-state index in [1.165, 1.54) is 69.8 Å². The van der Waals surface area contributed by atoms with E-state index in [9.17, 15) is 0 Å². The second-order valence-electron chi connectivity index (χ2n) is 6.81. The lowest BCUT2D eigenvalue weighted by Gasteiger charge is -2.28. The van der Waals surface area contributed by atoms with Crippen molar-refractivity contribution in [1.82, 2.24) is 0 Å². The van der Waals surface area contributed by atoms with Crippen LogP contribution in [-0.2, 0) is 6.42 Å². The van der Waals surface area contributed by atoms with Gasteiger partial charge in [0, 0.05) is 0 Å². The summed E-state index contributed by atoms with van der Waals surface area (Å²) in [5.41, 5.74) is 2.14. The fourth-order valence-corrected chi connectivity index (χ4v) is 3.65. The van der Waals surface area contributed by atoms with Gasteiger partial charge >= 0.3 is 0 Å². The van der Waals surface area contributed by atoms with Gasteiger partial charge in [0.2, 0.25) is 0 Å². The Morgan fingerprint density at radius 2 is 1.64 bits per heavy atom. The number of unbranched alkanes of at least 4 members (excludes halogenated alkanes) is 2. The Bertz CT molecular complexity index is 472. The molecular formula is C21H29N. The number of nitriles is 1. The van der Waals surface area contributed by atoms with E-state index in [1.807, 2.05) is 18.2 Å². The highest BCUT2D eigenvalue weighted by Gasteiger charge is 2.20. The van der Waals surface area contributed by atoms with Crippen LogP contribution in [0, 0.1) is 23.2 Å². The van der Waals surface area contributed by atoms with E-state index in [0.717, 1.165) is 17.4 Å².